The quantitative estimate of drug-likeness (QED) is 0.707. The van der Waals surface area contributed by atoms with Crippen molar-refractivity contribution in [3.63, 3.8) is 0 Å². The summed E-state index contributed by atoms with van der Waals surface area (Å²) in [6.07, 6.45) is 4.03. The highest BCUT2D eigenvalue weighted by Gasteiger charge is 2.46. The molecule has 0 bridgehead atoms. The molecular formula is C21H26ClN5O2. The lowest BCUT2D eigenvalue weighted by atomic mass is 9.68. The Labute approximate surface area is 175 Å². The van der Waals surface area contributed by atoms with E-state index in [4.69, 9.17) is 11.6 Å². The van der Waals surface area contributed by atoms with Gasteiger partial charge in [-0.1, -0.05) is 25.4 Å². The zero-order chi connectivity index (χ0) is 20.8. The summed E-state index contributed by atoms with van der Waals surface area (Å²) in [6.45, 7) is 5.36. The summed E-state index contributed by atoms with van der Waals surface area (Å²) in [5.74, 6) is 0.240. The van der Waals surface area contributed by atoms with E-state index in [-0.39, 0.29) is 11.9 Å². The number of hydrogen-bond acceptors (Lipinski definition) is 4. The van der Waals surface area contributed by atoms with E-state index < -0.39 is 17.1 Å². The average Bonchev–Trinajstić information content (AvgIpc) is 3.32. The molecule has 7 nitrogen and oxygen atoms in total. The molecule has 2 fully saturated rings. The minimum absolute atomic E-state index is 0.158. The standard InChI is InChI=1S/C21H26ClN5O2/c1-20(2,18(28)16-10-15(22)9-13-11-24-26-17(13)16)14-3-7-27(8-4-14)19(29)25-21(12-23)5-6-21/h9-11,14,18,28H,3-8H2,1-2H3,(H,24,26)(H,25,29)/t18-/m1/s1. The molecule has 1 atom stereocenters. The van der Waals surface area contributed by atoms with Crippen molar-refractivity contribution in [2.45, 2.75) is 51.2 Å². The first-order chi connectivity index (χ1) is 13.8. The predicted molar refractivity (Wildman–Crippen MR) is 110 cm³/mol. The molecule has 8 heteroatoms. The Kier molecular flexibility index (Phi) is 4.96. The number of fused-ring (bicyclic) bond motifs is 1. The van der Waals surface area contributed by atoms with Crippen LogP contribution in [0.2, 0.25) is 5.02 Å². The lowest BCUT2D eigenvalue weighted by Gasteiger charge is -2.43. The normalized spacial score (nSPS) is 20.3. The maximum atomic E-state index is 12.5. The third-order valence-electron chi connectivity index (χ3n) is 6.69. The Morgan fingerprint density at radius 1 is 1.45 bits per heavy atom. The second-order valence-corrected chi connectivity index (χ2v) is 9.37. The van der Waals surface area contributed by atoms with Gasteiger partial charge >= 0.3 is 6.03 Å². The van der Waals surface area contributed by atoms with Crippen molar-refractivity contribution in [2.24, 2.45) is 11.3 Å². The van der Waals surface area contributed by atoms with Crippen LogP contribution >= 0.6 is 11.6 Å². The van der Waals surface area contributed by atoms with Crippen LogP contribution in [-0.4, -0.2) is 44.9 Å². The zero-order valence-electron chi connectivity index (χ0n) is 16.7. The molecule has 3 N–H and O–H groups in total. The first kappa shape index (κ1) is 20.0. The highest BCUT2D eigenvalue weighted by molar-refractivity contribution is 6.31. The first-order valence-corrected chi connectivity index (χ1v) is 10.4. The number of nitrogens with zero attached hydrogens (tertiary/aromatic N) is 3. The van der Waals surface area contributed by atoms with E-state index in [0.29, 0.717) is 18.1 Å². The number of rotatable bonds is 4. The maximum absolute atomic E-state index is 12.5. The van der Waals surface area contributed by atoms with Crippen LogP contribution in [0.3, 0.4) is 0 Å². The number of nitriles is 1. The van der Waals surface area contributed by atoms with Crippen molar-refractivity contribution in [3.8, 4) is 6.07 Å². The maximum Gasteiger partial charge on any atom is 0.318 e. The minimum Gasteiger partial charge on any atom is -0.388 e. The minimum atomic E-state index is -0.720. The van der Waals surface area contributed by atoms with Gasteiger partial charge < -0.3 is 15.3 Å². The first-order valence-electron chi connectivity index (χ1n) is 10.0. The van der Waals surface area contributed by atoms with E-state index in [0.717, 1.165) is 42.1 Å². The zero-order valence-corrected chi connectivity index (χ0v) is 17.5. The van der Waals surface area contributed by atoms with Crippen LogP contribution in [0.1, 0.15) is 51.2 Å². The van der Waals surface area contributed by atoms with Crippen molar-refractivity contribution < 1.29 is 9.90 Å². The molecule has 4 rings (SSSR count). The lowest BCUT2D eigenvalue weighted by molar-refractivity contribution is -0.0144. The Hall–Kier alpha value is -2.30. The molecule has 1 aliphatic carbocycles. The summed E-state index contributed by atoms with van der Waals surface area (Å²) >= 11 is 6.26. The van der Waals surface area contributed by atoms with Crippen LogP contribution in [-0.2, 0) is 0 Å². The van der Waals surface area contributed by atoms with Crippen molar-refractivity contribution in [1.82, 2.24) is 20.4 Å². The highest BCUT2D eigenvalue weighted by atomic mass is 35.5. The molecular weight excluding hydrogens is 390 g/mol. The number of amides is 2. The van der Waals surface area contributed by atoms with Gasteiger partial charge in [0.05, 0.1) is 23.9 Å². The van der Waals surface area contributed by atoms with Gasteiger partial charge in [0.25, 0.3) is 0 Å². The Morgan fingerprint density at radius 2 is 2.14 bits per heavy atom. The van der Waals surface area contributed by atoms with Gasteiger partial charge in [0.2, 0.25) is 0 Å². The number of carbonyl (C=O) groups excluding carboxylic acids is 1. The van der Waals surface area contributed by atoms with E-state index >= 15 is 0 Å². The molecule has 29 heavy (non-hydrogen) atoms. The van der Waals surface area contributed by atoms with Gasteiger partial charge in [0.15, 0.2) is 0 Å². The van der Waals surface area contributed by atoms with Gasteiger partial charge in [-0.05, 0) is 49.1 Å². The summed E-state index contributed by atoms with van der Waals surface area (Å²) in [6, 6.07) is 5.66. The van der Waals surface area contributed by atoms with Crippen molar-refractivity contribution in [3.05, 3.63) is 28.9 Å². The second kappa shape index (κ2) is 7.19. The van der Waals surface area contributed by atoms with Gasteiger partial charge in [-0.3, -0.25) is 5.10 Å². The van der Waals surface area contributed by atoms with Crippen LogP contribution in [0.5, 0.6) is 0 Å². The van der Waals surface area contributed by atoms with Crippen LogP contribution in [0, 0.1) is 22.7 Å². The summed E-state index contributed by atoms with van der Waals surface area (Å²) in [4.78, 5) is 14.2. The third-order valence-corrected chi connectivity index (χ3v) is 6.91. The number of aliphatic hydroxyl groups is 1. The Morgan fingerprint density at radius 3 is 2.76 bits per heavy atom. The number of aliphatic hydroxyl groups excluding tert-OH is 1. The second-order valence-electron chi connectivity index (χ2n) is 8.94. The number of likely N-dealkylation sites (tertiary alicyclic amines) is 1. The van der Waals surface area contributed by atoms with E-state index in [1.54, 1.807) is 17.2 Å². The molecule has 2 aliphatic rings. The molecule has 1 aliphatic heterocycles. The van der Waals surface area contributed by atoms with Gasteiger partial charge in [0, 0.05) is 29.1 Å². The molecule has 154 valence electrons. The molecule has 0 unspecified atom stereocenters. The number of aromatic nitrogens is 2. The fourth-order valence-corrected chi connectivity index (χ4v) is 4.62. The molecule has 1 aromatic carbocycles. The van der Waals surface area contributed by atoms with Crippen LogP contribution in [0.15, 0.2) is 18.3 Å². The number of H-pyrrole nitrogens is 1. The van der Waals surface area contributed by atoms with Crippen LogP contribution in [0.25, 0.3) is 10.9 Å². The molecule has 2 amide bonds. The molecule has 1 saturated carbocycles. The SMILES string of the molecule is CC(C)(C1CCN(C(=O)NC2(C#N)CC2)CC1)[C@H](O)c1cc(Cl)cc2cn[nH]c12. The summed E-state index contributed by atoms with van der Waals surface area (Å²) < 4.78 is 0. The van der Waals surface area contributed by atoms with Gasteiger partial charge in [-0.15, -0.1) is 0 Å². The molecule has 0 radical (unpaired) electrons. The molecule has 1 saturated heterocycles. The summed E-state index contributed by atoms with van der Waals surface area (Å²) in [7, 11) is 0. The van der Waals surface area contributed by atoms with Crippen molar-refractivity contribution in [2.75, 3.05) is 13.1 Å². The number of carbonyl (C=O) groups is 1. The monoisotopic (exact) mass is 415 g/mol. The van der Waals surface area contributed by atoms with Crippen LogP contribution in [0.4, 0.5) is 4.79 Å². The number of urea groups is 1. The number of hydrogen-bond donors (Lipinski definition) is 3. The fraction of sp³-hybridized carbons (Fsp3) is 0.571. The van der Waals surface area contributed by atoms with Crippen molar-refractivity contribution in [1.29, 1.82) is 5.26 Å². The van der Waals surface area contributed by atoms with Crippen LogP contribution < -0.4 is 5.32 Å². The fourth-order valence-electron chi connectivity index (χ4n) is 4.39. The van der Waals surface area contributed by atoms with Gasteiger partial charge in [0.1, 0.15) is 5.54 Å². The van der Waals surface area contributed by atoms with E-state index in [1.165, 1.54) is 0 Å². The van der Waals surface area contributed by atoms with Crippen molar-refractivity contribution >= 4 is 28.5 Å². The van der Waals surface area contributed by atoms with Gasteiger partial charge in [-0.25, -0.2) is 4.79 Å². The number of benzene rings is 1. The molecule has 2 aromatic rings. The largest absolute Gasteiger partial charge is 0.388 e. The molecule has 0 spiro atoms. The smallest absolute Gasteiger partial charge is 0.318 e. The number of piperidine rings is 1. The average molecular weight is 416 g/mol. The lowest BCUT2D eigenvalue weighted by Crippen LogP contribution is -2.50. The summed E-state index contributed by atoms with van der Waals surface area (Å²) in [5, 5.41) is 31.8. The number of aromatic amines is 1. The molecule has 1 aromatic heterocycles. The number of nitrogens with one attached hydrogen (secondary N) is 2. The van der Waals surface area contributed by atoms with E-state index in [1.807, 2.05) is 6.07 Å². The topological polar surface area (TPSA) is 105 Å². The number of halogens is 1. The predicted octanol–water partition coefficient (Wildman–Crippen LogP) is 3.75. The molecule has 2 heterocycles. The highest BCUT2D eigenvalue weighted by Crippen LogP contribution is 2.46. The Bertz CT molecular complexity index is 967. The third kappa shape index (κ3) is 3.67. The van der Waals surface area contributed by atoms with E-state index in [2.05, 4.69) is 35.4 Å². The summed E-state index contributed by atoms with van der Waals surface area (Å²) in [5.41, 5.74) is 0.499. The van der Waals surface area contributed by atoms with E-state index in [9.17, 15) is 15.2 Å². The Balaban J connectivity index is 1.45. The van der Waals surface area contributed by atoms with Gasteiger partial charge in [-0.2, -0.15) is 10.4 Å².